The molecule has 0 aliphatic carbocycles. The molecule has 3 aromatic rings. The van der Waals surface area contributed by atoms with Crippen molar-refractivity contribution in [3.05, 3.63) is 48.4 Å². The molecular weight excluding hydrogens is 557 g/mol. The monoisotopic (exact) mass is 587 g/mol. The molecule has 15 nitrogen and oxygen atoms in total. The molecule has 2 aromatic heterocycles. The van der Waals surface area contributed by atoms with Gasteiger partial charge in [-0.25, -0.2) is 9.50 Å². The molecule has 0 saturated carbocycles. The molecule has 1 aliphatic heterocycles. The minimum Gasteiger partial charge on any atom is -0.574 e. The highest BCUT2D eigenvalue weighted by Crippen LogP contribution is 2.44. The Morgan fingerprint density at radius 3 is 2.73 bits per heavy atom. The molecule has 0 bridgehead atoms. The third-order valence-corrected chi connectivity index (χ3v) is 6.82. The first-order valence-electron chi connectivity index (χ1n) is 12.7. The lowest BCUT2D eigenvalue weighted by Crippen LogP contribution is -2.40. The van der Waals surface area contributed by atoms with Crippen LogP contribution in [0.15, 0.2) is 47.6 Å². The van der Waals surface area contributed by atoms with Crippen molar-refractivity contribution in [1.82, 2.24) is 20.0 Å². The van der Waals surface area contributed by atoms with E-state index in [0.29, 0.717) is 17.7 Å². The smallest absolute Gasteiger partial charge is 0.412 e. The van der Waals surface area contributed by atoms with Crippen LogP contribution in [0.4, 0.5) is 5.82 Å². The second kappa shape index (κ2) is 12.3. The summed E-state index contributed by atoms with van der Waals surface area (Å²) in [7, 11) is -2.55. The second-order valence-corrected chi connectivity index (χ2v) is 10.4. The topological polar surface area (TPSA) is 222 Å². The number of carbonyl (C=O) groups is 1. The Hall–Kier alpha value is -3.90. The Kier molecular flexibility index (Phi) is 9.03. The van der Waals surface area contributed by atoms with Crippen molar-refractivity contribution < 1.29 is 38.6 Å². The normalized spacial score (nSPS) is 23.4. The zero-order chi connectivity index (χ0) is 29.8. The first-order chi connectivity index (χ1) is 19.5. The average molecular weight is 588 g/mol. The maximum absolute atomic E-state index is 12.2. The lowest BCUT2D eigenvalue weighted by atomic mass is 9.94. The number of carbonyl (C=O) groups excluding carboxylic acids is 1. The van der Waals surface area contributed by atoms with Gasteiger partial charge in [0.15, 0.2) is 11.6 Å². The second-order valence-electron chi connectivity index (χ2n) is 9.54. The van der Waals surface area contributed by atoms with Gasteiger partial charge in [-0.3, -0.25) is 9.32 Å². The molecule has 3 heterocycles. The van der Waals surface area contributed by atoms with Crippen molar-refractivity contribution >= 4 is 25.5 Å². The summed E-state index contributed by atoms with van der Waals surface area (Å²) in [6.45, 7) is 4.78. The van der Waals surface area contributed by atoms with Gasteiger partial charge < -0.3 is 35.1 Å². The number of hydrogen-bond acceptors (Lipinski definition) is 13. The molecular formula is C25H30N7O8P. The number of hydrogen-bond donors (Lipinski definition) is 4. The van der Waals surface area contributed by atoms with Gasteiger partial charge in [-0.2, -0.15) is 15.8 Å². The van der Waals surface area contributed by atoms with Crippen molar-refractivity contribution in [2.24, 2.45) is 4.85 Å². The summed E-state index contributed by atoms with van der Waals surface area (Å²) >= 11 is 0. The van der Waals surface area contributed by atoms with Gasteiger partial charge in [0.25, 0.3) is 0 Å². The van der Waals surface area contributed by atoms with Crippen LogP contribution in [0.3, 0.4) is 0 Å². The van der Waals surface area contributed by atoms with Gasteiger partial charge >= 0.3 is 14.1 Å². The number of esters is 1. The van der Waals surface area contributed by atoms with E-state index < -0.39 is 44.3 Å². The largest absolute Gasteiger partial charge is 0.574 e. The van der Waals surface area contributed by atoms with Crippen LogP contribution in [-0.4, -0.2) is 61.4 Å². The van der Waals surface area contributed by atoms with Gasteiger partial charge in [0.05, 0.1) is 11.8 Å². The van der Waals surface area contributed by atoms with E-state index in [1.807, 2.05) is 6.07 Å². The molecule has 1 aromatic carbocycles. The van der Waals surface area contributed by atoms with Crippen molar-refractivity contribution in [3.8, 4) is 17.6 Å². The third-order valence-electron chi connectivity index (χ3n) is 6.17. The number of nitrogens with zero attached hydrogens (tertiary/aromatic N) is 5. The number of ether oxygens (including phenoxy) is 3. The standard InChI is InChI=1S/C25H30N7O8P/c1-4-18(23(34)38-15(2)3)30-31-41(36)39-17-7-5-16(6-8-17)37-13-24(35)11-21(33)25(12-26,40-24)20-10-9-19-22(27)28-14-29-32(19)20/h5-10,14-15,18,21,30,33,35H,4,11,13H2,1-3H3,(H2,27,28,29). The highest BCUT2D eigenvalue weighted by atomic mass is 31.1. The zero-order valence-corrected chi connectivity index (χ0v) is 23.4. The maximum atomic E-state index is 12.2. The molecule has 4 rings (SSSR count). The van der Waals surface area contributed by atoms with Gasteiger partial charge in [-0.1, -0.05) is 6.92 Å². The van der Waals surface area contributed by atoms with E-state index in [0.717, 1.165) is 0 Å². The van der Waals surface area contributed by atoms with Gasteiger partial charge in [0, 0.05) is 11.3 Å². The SMILES string of the molecule is CCC(N/N=[P+](\[O-])Oc1ccc(OCC2(O)CC(O)C(C#N)(c3ccc4c(N)ncnn34)O2)cc1)C(=O)OC(C)C. The van der Waals surface area contributed by atoms with E-state index in [4.69, 9.17) is 24.5 Å². The lowest BCUT2D eigenvalue weighted by Gasteiger charge is -2.27. The molecule has 41 heavy (non-hydrogen) atoms. The summed E-state index contributed by atoms with van der Waals surface area (Å²) in [6, 6.07) is 10.2. The number of nitrogens with two attached hydrogens (primary N) is 1. The molecule has 1 aliphatic rings. The fourth-order valence-corrected chi connectivity index (χ4v) is 4.78. The van der Waals surface area contributed by atoms with E-state index in [1.165, 1.54) is 41.2 Å². The molecule has 0 radical (unpaired) electrons. The number of anilines is 1. The fourth-order valence-electron chi connectivity index (χ4n) is 4.20. The zero-order valence-electron chi connectivity index (χ0n) is 22.5. The molecule has 0 amide bonds. The molecule has 16 heteroatoms. The number of nitrogen functional groups attached to an aromatic ring is 1. The highest BCUT2D eigenvalue weighted by molar-refractivity contribution is 7.33. The van der Waals surface area contributed by atoms with Crippen LogP contribution >= 0.6 is 8.17 Å². The number of aliphatic hydroxyl groups excluding tert-OH is 1. The molecule has 5 N–H and O–H groups in total. The third kappa shape index (κ3) is 6.54. The number of nitrogens with one attached hydrogen (secondary N) is 1. The maximum Gasteiger partial charge on any atom is 0.412 e. The quantitative estimate of drug-likeness (QED) is 0.140. The summed E-state index contributed by atoms with van der Waals surface area (Å²) in [4.78, 5) is 31.8. The van der Waals surface area contributed by atoms with Gasteiger partial charge in [-0.05, 0) is 56.7 Å². The fraction of sp³-hybridized carbons (Fsp3) is 0.440. The predicted octanol–water partition coefficient (Wildman–Crippen LogP) is 1.05. The van der Waals surface area contributed by atoms with Crippen LogP contribution in [0.5, 0.6) is 11.5 Å². The molecule has 0 spiro atoms. The van der Waals surface area contributed by atoms with Crippen molar-refractivity contribution in [2.45, 2.75) is 63.3 Å². The predicted molar refractivity (Wildman–Crippen MR) is 142 cm³/mol. The average Bonchev–Trinajstić information content (AvgIpc) is 3.48. The van der Waals surface area contributed by atoms with Crippen molar-refractivity contribution in [1.29, 1.82) is 5.26 Å². The molecule has 218 valence electrons. The van der Waals surface area contributed by atoms with Crippen LogP contribution in [0, 0.1) is 11.3 Å². The summed E-state index contributed by atoms with van der Waals surface area (Å²) < 4.78 is 23.1. The number of benzene rings is 1. The first-order valence-corrected chi connectivity index (χ1v) is 13.8. The van der Waals surface area contributed by atoms with Crippen LogP contribution in [-0.2, 0) is 19.9 Å². The Morgan fingerprint density at radius 1 is 1.37 bits per heavy atom. The van der Waals surface area contributed by atoms with Crippen LogP contribution in [0.25, 0.3) is 5.52 Å². The van der Waals surface area contributed by atoms with Crippen LogP contribution < -0.4 is 25.3 Å². The van der Waals surface area contributed by atoms with E-state index in [9.17, 15) is 25.2 Å². The molecule has 1 saturated heterocycles. The summed E-state index contributed by atoms with van der Waals surface area (Å²) in [5.74, 6) is -1.86. The van der Waals surface area contributed by atoms with Crippen LogP contribution in [0.2, 0.25) is 0 Å². The van der Waals surface area contributed by atoms with Gasteiger partial charge in [0.2, 0.25) is 11.4 Å². The molecule has 5 unspecified atom stereocenters. The minimum absolute atomic E-state index is 0.170. The number of aromatic nitrogens is 3. The Labute approximate surface area is 236 Å². The Morgan fingerprint density at radius 2 is 2.07 bits per heavy atom. The number of aliphatic hydroxyl groups is 2. The van der Waals surface area contributed by atoms with E-state index >= 15 is 0 Å². The lowest BCUT2D eigenvalue weighted by molar-refractivity contribution is -0.229. The van der Waals surface area contributed by atoms with E-state index in [2.05, 4.69) is 20.4 Å². The van der Waals surface area contributed by atoms with Gasteiger partial charge in [-0.15, -0.1) is 0 Å². The van der Waals surface area contributed by atoms with E-state index in [-0.39, 0.29) is 29.8 Å². The van der Waals surface area contributed by atoms with Crippen molar-refractivity contribution in [2.75, 3.05) is 12.3 Å². The van der Waals surface area contributed by atoms with Gasteiger partial charge in [0.1, 0.15) is 42.4 Å². The highest BCUT2D eigenvalue weighted by Gasteiger charge is 2.58. The number of fused-ring (bicyclic) bond motifs is 1. The van der Waals surface area contributed by atoms with E-state index in [1.54, 1.807) is 26.8 Å². The van der Waals surface area contributed by atoms with Crippen LogP contribution in [0.1, 0.15) is 39.3 Å². The number of nitriles is 1. The summed E-state index contributed by atoms with van der Waals surface area (Å²) in [6.07, 6.45) is -0.460. The Balaban J connectivity index is 1.37. The summed E-state index contributed by atoms with van der Waals surface area (Å²) in [5.41, 5.74) is 7.02. The first kappa shape index (κ1) is 30.1. The molecule has 5 atom stereocenters. The minimum atomic E-state index is -2.55. The number of rotatable bonds is 11. The van der Waals surface area contributed by atoms with Crippen molar-refractivity contribution in [3.63, 3.8) is 0 Å². The Bertz CT molecular complexity index is 1460. The summed E-state index contributed by atoms with van der Waals surface area (Å²) in [5, 5.41) is 36.0. The molecule has 1 fully saturated rings.